The molecule has 0 aliphatic carbocycles. The first kappa shape index (κ1) is 26.2. The Morgan fingerprint density at radius 1 is 1.11 bits per heavy atom. The van der Waals surface area contributed by atoms with Gasteiger partial charge in [-0.3, -0.25) is 9.69 Å². The van der Waals surface area contributed by atoms with Gasteiger partial charge in [-0.2, -0.15) is 0 Å². The normalized spacial score (nSPS) is 18.2. The zero-order valence-electron chi connectivity index (χ0n) is 21.7. The molecule has 194 valence electrons. The predicted molar refractivity (Wildman–Crippen MR) is 137 cm³/mol. The third kappa shape index (κ3) is 5.73. The smallest absolute Gasteiger partial charge is 0.248 e. The molecule has 0 aromatic heterocycles. The van der Waals surface area contributed by atoms with Gasteiger partial charge in [0.1, 0.15) is 17.1 Å². The molecule has 1 atom stereocenters. The van der Waals surface area contributed by atoms with Crippen LogP contribution in [0.15, 0.2) is 48.5 Å². The fourth-order valence-corrected chi connectivity index (χ4v) is 4.66. The molecule has 1 saturated heterocycles. The summed E-state index contributed by atoms with van der Waals surface area (Å²) in [5.74, 6) is 0.966. The number of ether oxygens (including phenoxy) is 5. The third-order valence-electron chi connectivity index (χ3n) is 6.39. The van der Waals surface area contributed by atoms with Crippen molar-refractivity contribution in [2.45, 2.75) is 51.2 Å². The van der Waals surface area contributed by atoms with E-state index in [0.717, 1.165) is 48.4 Å². The van der Waals surface area contributed by atoms with E-state index >= 15 is 0 Å². The van der Waals surface area contributed by atoms with Crippen LogP contribution < -0.4 is 15.2 Å². The highest BCUT2D eigenvalue weighted by atomic mass is 16.7. The Balaban J connectivity index is 1.68. The molecule has 2 N–H and O–H groups in total. The maximum Gasteiger partial charge on any atom is 0.248 e. The predicted octanol–water partition coefficient (Wildman–Crippen LogP) is 4.17. The summed E-state index contributed by atoms with van der Waals surface area (Å²) in [5, 5.41) is 0. The lowest BCUT2D eigenvalue weighted by Gasteiger charge is -2.45. The molecule has 0 saturated carbocycles. The van der Waals surface area contributed by atoms with Gasteiger partial charge >= 0.3 is 0 Å². The van der Waals surface area contributed by atoms with Gasteiger partial charge in [0.05, 0.1) is 11.2 Å². The number of carbonyl (C=O) groups excluding carboxylic acids is 1. The molecule has 0 bridgehead atoms. The van der Waals surface area contributed by atoms with Crippen molar-refractivity contribution in [3.63, 3.8) is 0 Å². The van der Waals surface area contributed by atoms with Crippen LogP contribution in [0, 0.1) is 0 Å². The molecule has 8 nitrogen and oxygen atoms in total. The number of fused-ring (bicyclic) bond motifs is 1. The molecule has 36 heavy (non-hydrogen) atoms. The lowest BCUT2D eigenvalue weighted by Crippen LogP contribution is -2.53. The number of carbonyl (C=O) groups is 1. The zero-order chi connectivity index (χ0) is 25.9. The summed E-state index contributed by atoms with van der Waals surface area (Å²) in [5.41, 5.74) is 7.90. The molecule has 2 aliphatic heterocycles. The van der Waals surface area contributed by atoms with Crippen molar-refractivity contribution in [2.24, 2.45) is 5.73 Å². The fraction of sp³-hybridized carbons (Fsp3) is 0.464. The van der Waals surface area contributed by atoms with Crippen LogP contribution in [0.5, 0.6) is 11.5 Å². The van der Waals surface area contributed by atoms with E-state index in [1.54, 1.807) is 26.4 Å². The van der Waals surface area contributed by atoms with E-state index in [0.29, 0.717) is 11.3 Å². The zero-order valence-corrected chi connectivity index (χ0v) is 21.7. The van der Waals surface area contributed by atoms with Crippen LogP contribution in [0.25, 0.3) is 5.57 Å². The molecular weight excluding hydrogens is 460 g/mol. The Hall–Kier alpha value is -2.91. The van der Waals surface area contributed by atoms with Gasteiger partial charge in [0.15, 0.2) is 6.79 Å². The van der Waals surface area contributed by atoms with E-state index in [-0.39, 0.29) is 12.4 Å². The minimum atomic E-state index is -0.499. The van der Waals surface area contributed by atoms with Crippen LogP contribution in [0.1, 0.15) is 55.1 Å². The van der Waals surface area contributed by atoms with E-state index in [2.05, 4.69) is 11.0 Å². The van der Waals surface area contributed by atoms with Crippen LogP contribution in [0.3, 0.4) is 0 Å². The first-order chi connectivity index (χ1) is 17.1. The van der Waals surface area contributed by atoms with Crippen LogP contribution in [0.2, 0.25) is 0 Å². The van der Waals surface area contributed by atoms with Crippen molar-refractivity contribution in [3.8, 4) is 11.5 Å². The maximum absolute atomic E-state index is 11.6. The van der Waals surface area contributed by atoms with Crippen LogP contribution in [-0.2, 0) is 14.2 Å². The van der Waals surface area contributed by atoms with Crippen molar-refractivity contribution >= 4 is 11.5 Å². The van der Waals surface area contributed by atoms with E-state index in [1.807, 2.05) is 51.1 Å². The van der Waals surface area contributed by atoms with Crippen molar-refractivity contribution < 1.29 is 28.5 Å². The highest BCUT2D eigenvalue weighted by Crippen LogP contribution is 2.47. The number of primary amides is 1. The number of methoxy groups -OCH3 is 2. The van der Waals surface area contributed by atoms with Gasteiger partial charge in [-0.25, -0.2) is 0 Å². The summed E-state index contributed by atoms with van der Waals surface area (Å²) < 4.78 is 29.5. The summed E-state index contributed by atoms with van der Waals surface area (Å²) >= 11 is 0. The van der Waals surface area contributed by atoms with Crippen LogP contribution in [-0.4, -0.2) is 62.5 Å². The van der Waals surface area contributed by atoms with Crippen LogP contribution in [0.4, 0.5) is 0 Å². The molecule has 2 aliphatic rings. The van der Waals surface area contributed by atoms with E-state index in [4.69, 9.17) is 29.4 Å². The molecule has 2 aromatic carbocycles. The summed E-state index contributed by atoms with van der Waals surface area (Å²) in [6.07, 6.45) is 3.28. The van der Waals surface area contributed by atoms with Gasteiger partial charge in [-0.05, 0) is 62.2 Å². The number of hydrogen-bond donors (Lipinski definition) is 1. The van der Waals surface area contributed by atoms with Gasteiger partial charge < -0.3 is 29.4 Å². The summed E-state index contributed by atoms with van der Waals surface area (Å²) in [7, 11) is 3.26. The molecule has 0 radical (unpaired) electrons. The molecule has 4 rings (SSSR count). The lowest BCUT2D eigenvalue weighted by molar-refractivity contribution is -0.259. The summed E-state index contributed by atoms with van der Waals surface area (Å²) in [6.45, 7) is 7.67. The number of piperidine rings is 1. The van der Waals surface area contributed by atoms with E-state index in [9.17, 15) is 4.79 Å². The molecular formula is C28H36N2O6. The van der Waals surface area contributed by atoms with Gasteiger partial charge in [-0.1, -0.05) is 18.2 Å². The van der Waals surface area contributed by atoms with Gasteiger partial charge in [0.2, 0.25) is 12.3 Å². The third-order valence-corrected chi connectivity index (χ3v) is 6.39. The number of nitrogens with two attached hydrogens (primary N) is 1. The number of likely N-dealkylation sites (tertiary alicyclic amines) is 1. The molecule has 2 heterocycles. The minimum absolute atomic E-state index is 0.122. The van der Waals surface area contributed by atoms with Gasteiger partial charge in [-0.15, -0.1) is 0 Å². The number of hydrogen-bond acceptors (Lipinski definition) is 7. The average molecular weight is 497 g/mol. The summed E-state index contributed by atoms with van der Waals surface area (Å²) in [4.78, 5) is 13.8. The second-order valence-corrected chi connectivity index (χ2v) is 10.2. The SMILES string of the molecule is COCOc1cccc2c1C(c1ccc(C(N)=O)cc1)=CC1(CCN(C(OC)OC(C)(C)C)CC1)O2. The molecule has 1 unspecified atom stereocenters. The molecule has 1 fully saturated rings. The van der Waals surface area contributed by atoms with Crippen molar-refractivity contribution in [2.75, 3.05) is 34.1 Å². The number of amides is 1. The van der Waals surface area contributed by atoms with Crippen molar-refractivity contribution in [1.29, 1.82) is 0 Å². The fourth-order valence-electron chi connectivity index (χ4n) is 4.66. The van der Waals surface area contributed by atoms with Gasteiger partial charge in [0, 0.05) is 45.7 Å². The van der Waals surface area contributed by atoms with Crippen molar-refractivity contribution in [3.05, 3.63) is 65.2 Å². The van der Waals surface area contributed by atoms with Crippen LogP contribution >= 0.6 is 0 Å². The monoisotopic (exact) mass is 496 g/mol. The van der Waals surface area contributed by atoms with Crippen molar-refractivity contribution in [1.82, 2.24) is 4.90 Å². The quantitative estimate of drug-likeness (QED) is 0.548. The number of benzene rings is 2. The highest BCUT2D eigenvalue weighted by Gasteiger charge is 2.42. The Morgan fingerprint density at radius 2 is 1.81 bits per heavy atom. The standard InChI is InChI=1S/C28H36N2O6/c1-27(2,3)36-26(33-5)30-15-13-28(14-16-30)17-21(19-9-11-20(12-10-19)25(29)31)24-22(34-18-32-4)7-6-8-23(24)35-28/h6-12,17,26H,13-16,18H2,1-5H3,(H2,29,31). The largest absolute Gasteiger partial charge is 0.482 e. The Kier molecular flexibility index (Phi) is 7.70. The Morgan fingerprint density at radius 3 is 2.39 bits per heavy atom. The second kappa shape index (κ2) is 10.6. The molecule has 1 amide bonds. The summed E-state index contributed by atoms with van der Waals surface area (Å²) in [6, 6.07) is 13.1. The lowest BCUT2D eigenvalue weighted by atomic mass is 9.82. The van der Waals surface area contributed by atoms with E-state index < -0.39 is 17.9 Å². The average Bonchev–Trinajstić information content (AvgIpc) is 2.85. The number of rotatable bonds is 8. The Bertz CT molecular complexity index is 1100. The Labute approximate surface area is 212 Å². The second-order valence-electron chi connectivity index (χ2n) is 10.2. The minimum Gasteiger partial charge on any atom is -0.482 e. The first-order valence-electron chi connectivity index (χ1n) is 12.2. The first-order valence-corrected chi connectivity index (χ1v) is 12.2. The topological polar surface area (TPSA) is 92.5 Å². The highest BCUT2D eigenvalue weighted by molar-refractivity contribution is 5.94. The molecule has 8 heteroatoms. The van der Waals surface area contributed by atoms with Gasteiger partial charge in [0.25, 0.3) is 0 Å². The molecule has 2 aromatic rings. The van der Waals surface area contributed by atoms with E-state index in [1.165, 1.54) is 0 Å². The number of nitrogens with zero attached hydrogens (tertiary/aromatic N) is 1. The maximum atomic E-state index is 11.6. The molecule has 1 spiro atoms.